The maximum Gasteiger partial charge on any atom is 0.422 e. The molecule has 112 valence electrons. The average molecular weight is 310 g/mol. The summed E-state index contributed by atoms with van der Waals surface area (Å²) in [6.07, 6.45) is -4.38. The van der Waals surface area contributed by atoms with Crippen molar-refractivity contribution >= 4 is 23.2 Å². The average Bonchev–Trinajstić information content (AvgIpc) is 2.37. The van der Waals surface area contributed by atoms with Crippen LogP contribution in [0.25, 0.3) is 0 Å². The predicted octanol–water partition coefficient (Wildman–Crippen LogP) is 3.83. The van der Waals surface area contributed by atoms with Gasteiger partial charge in [-0.15, -0.1) is 11.6 Å². The minimum atomic E-state index is -4.38. The van der Waals surface area contributed by atoms with E-state index in [1.54, 1.807) is 13.8 Å². The van der Waals surface area contributed by atoms with Crippen LogP contribution in [0.15, 0.2) is 24.3 Å². The van der Waals surface area contributed by atoms with Crippen molar-refractivity contribution in [2.75, 3.05) is 17.8 Å². The number of anilines is 1. The number of amides is 1. The van der Waals surface area contributed by atoms with Gasteiger partial charge in [-0.05, 0) is 38.1 Å². The van der Waals surface area contributed by atoms with Crippen molar-refractivity contribution in [2.45, 2.75) is 20.0 Å². The quantitative estimate of drug-likeness (QED) is 0.839. The van der Waals surface area contributed by atoms with Crippen molar-refractivity contribution in [1.82, 2.24) is 0 Å². The van der Waals surface area contributed by atoms with E-state index in [4.69, 9.17) is 11.6 Å². The molecule has 0 radical (unpaired) electrons. The van der Waals surface area contributed by atoms with Crippen molar-refractivity contribution in [1.29, 1.82) is 0 Å². The van der Waals surface area contributed by atoms with Gasteiger partial charge in [0.1, 0.15) is 5.75 Å². The second-order valence-corrected chi connectivity index (χ2v) is 5.17. The van der Waals surface area contributed by atoms with Crippen molar-refractivity contribution in [3.05, 3.63) is 24.3 Å². The first-order chi connectivity index (χ1) is 9.14. The van der Waals surface area contributed by atoms with E-state index in [9.17, 15) is 18.0 Å². The number of nitrogens with one attached hydrogen (secondary N) is 1. The minimum Gasteiger partial charge on any atom is -0.484 e. The highest BCUT2D eigenvalue weighted by Crippen LogP contribution is 2.23. The van der Waals surface area contributed by atoms with Crippen molar-refractivity contribution in [3.8, 4) is 5.75 Å². The molecule has 0 aliphatic carbocycles. The standard InChI is InChI=1S/C13H15ClF3NO2/c1-12(2,7-14)11(19)18-9-3-5-10(6-4-9)20-8-13(15,16)17/h3-6H,7-8H2,1-2H3,(H,18,19). The third-order valence-corrected chi connectivity index (χ3v) is 3.13. The van der Waals surface area contributed by atoms with Crippen LogP contribution in [0.2, 0.25) is 0 Å². The molecule has 1 aromatic carbocycles. The largest absolute Gasteiger partial charge is 0.484 e. The molecule has 0 fully saturated rings. The fraction of sp³-hybridized carbons (Fsp3) is 0.462. The smallest absolute Gasteiger partial charge is 0.422 e. The number of rotatable bonds is 5. The van der Waals surface area contributed by atoms with Crippen molar-refractivity contribution < 1.29 is 22.7 Å². The lowest BCUT2D eigenvalue weighted by molar-refractivity contribution is -0.153. The summed E-state index contributed by atoms with van der Waals surface area (Å²) in [6, 6.07) is 5.64. The molecule has 1 amide bonds. The van der Waals surface area contributed by atoms with Gasteiger partial charge in [0.05, 0.1) is 5.41 Å². The van der Waals surface area contributed by atoms with Gasteiger partial charge < -0.3 is 10.1 Å². The van der Waals surface area contributed by atoms with Crippen LogP contribution in [0.4, 0.5) is 18.9 Å². The molecule has 0 atom stereocenters. The van der Waals surface area contributed by atoms with Gasteiger partial charge >= 0.3 is 6.18 Å². The number of ether oxygens (including phenoxy) is 1. The molecule has 1 aromatic rings. The molecule has 0 aliphatic heterocycles. The highest BCUT2D eigenvalue weighted by atomic mass is 35.5. The summed E-state index contributed by atoms with van der Waals surface area (Å²) in [6.45, 7) is 2.03. The van der Waals surface area contributed by atoms with Crippen molar-refractivity contribution in [3.63, 3.8) is 0 Å². The summed E-state index contributed by atoms with van der Waals surface area (Å²) in [4.78, 5) is 11.8. The third kappa shape index (κ3) is 5.28. The Morgan fingerprint density at radius 3 is 2.25 bits per heavy atom. The number of benzene rings is 1. The van der Waals surface area contributed by atoms with Crippen LogP contribution in [0, 0.1) is 5.41 Å². The number of carbonyl (C=O) groups excluding carboxylic acids is 1. The van der Waals surface area contributed by atoms with Crippen LogP contribution in [-0.2, 0) is 4.79 Å². The van der Waals surface area contributed by atoms with E-state index < -0.39 is 18.2 Å². The van der Waals surface area contributed by atoms with Crippen LogP contribution >= 0.6 is 11.6 Å². The zero-order chi connectivity index (χ0) is 15.4. The van der Waals surface area contributed by atoms with Crippen LogP contribution in [0.3, 0.4) is 0 Å². The summed E-state index contributed by atoms with van der Waals surface area (Å²) in [5, 5.41) is 2.63. The van der Waals surface area contributed by atoms with E-state index in [1.807, 2.05) is 0 Å². The molecule has 0 bridgehead atoms. The molecule has 7 heteroatoms. The molecule has 0 saturated carbocycles. The summed E-state index contributed by atoms with van der Waals surface area (Å²) in [7, 11) is 0. The van der Waals surface area contributed by atoms with E-state index >= 15 is 0 Å². The Morgan fingerprint density at radius 1 is 1.25 bits per heavy atom. The molecule has 0 saturated heterocycles. The Bertz CT molecular complexity index is 458. The number of alkyl halides is 4. The fourth-order valence-electron chi connectivity index (χ4n) is 1.16. The van der Waals surface area contributed by atoms with Gasteiger partial charge in [-0.25, -0.2) is 0 Å². The van der Waals surface area contributed by atoms with Gasteiger partial charge in [-0.2, -0.15) is 13.2 Å². The van der Waals surface area contributed by atoms with E-state index in [1.165, 1.54) is 24.3 Å². The van der Waals surface area contributed by atoms with Crippen LogP contribution in [0.1, 0.15) is 13.8 Å². The lowest BCUT2D eigenvalue weighted by atomic mass is 9.95. The number of hydrogen-bond acceptors (Lipinski definition) is 2. The first kappa shape index (κ1) is 16.6. The molecule has 0 spiro atoms. The monoisotopic (exact) mass is 309 g/mol. The highest BCUT2D eigenvalue weighted by Gasteiger charge is 2.28. The maximum atomic E-state index is 12.0. The zero-order valence-electron chi connectivity index (χ0n) is 11.1. The molecule has 0 heterocycles. The van der Waals surface area contributed by atoms with Crippen LogP contribution in [0.5, 0.6) is 5.75 Å². The summed E-state index contributed by atoms with van der Waals surface area (Å²) in [5.41, 5.74) is -0.264. The normalized spacial score (nSPS) is 12.1. The van der Waals surface area contributed by atoms with E-state index in [0.717, 1.165) is 0 Å². The Morgan fingerprint density at radius 2 is 1.80 bits per heavy atom. The molecular formula is C13H15ClF3NO2. The molecular weight excluding hydrogens is 295 g/mol. The maximum absolute atomic E-state index is 12.0. The number of hydrogen-bond donors (Lipinski definition) is 1. The molecule has 0 aliphatic rings. The van der Waals surface area contributed by atoms with E-state index in [-0.39, 0.29) is 17.5 Å². The second kappa shape index (κ2) is 6.35. The predicted molar refractivity (Wildman–Crippen MR) is 71.1 cm³/mol. The first-order valence-electron chi connectivity index (χ1n) is 5.81. The Balaban J connectivity index is 2.61. The minimum absolute atomic E-state index is 0.0805. The Hall–Kier alpha value is -1.43. The van der Waals surface area contributed by atoms with E-state index in [0.29, 0.717) is 5.69 Å². The topological polar surface area (TPSA) is 38.3 Å². The number of halogens is 4. The summed E-state index contributed by atoms with van der Waals surface area (Å²) in [5.74, 6) is -0.0283. The lowest BCUT2D eigenvalue weighted by Crippen LogP contribution is -2.32. The fourth-order valence-corrected chi connectivity index (χ4v) is 1.28. The van der Waals surface area contributed by atoms with Crippen molar-refractivity contribution in [2.24, 2.45) is 5.41 Å². The molecule has 1 N–H and O–H groups in total. The molecule has 0 aromatic heterocycles. The van der Waals surface area contributed by atoms with Gasteiger partial charge in [0, 0.05) is 11.6 Å². The zero-order valence-corrected chi connectivity index (χ0v) is 11.8. The SMILES string of the molecule is CC(C)(CCl)C(=O)Nc1ccc(OCC(F)(F)F)cc1. The summed E-state index contributed by atoms with van der Waals surface area (Å²) >= 11 is 5.68. The molecule has 20 heavy (non-hydrogen) atoms. The molecule has 1 rings (SSSR count). The Kier molecular flexibility index (Phi) is 5.28. The van der Waals surface area contributed by atoms with Gasteiger partial charge in [0.2, 0.25) is 5.91 Å². The second-order valence-electron chi connectivity index (χ2n) is 4.90. The number of carbonyl (C=O) groups is 1. The van der Waals surface area contributed by atoms with Crippen LogP contribution in [-0.4, -0.2) is 24.6 Å². The van der Waals surface area contributed by atoms with E-state index in [2.05, 4.69) is 10.1 Å². The lowest BCUT2D eigenvalue weighted by Gasteiger charge is -2.20. The molecule has 0 unspecified atom stereocenters. The Labute approximate surface area is 120 Å². The van der Waals surface area contributed by atoms with Gasteiger partial charge in [-0.3, -0.25) is 4.79 Å². The van der Waals surface area contributed by atoms with Crippen LogP contribution < -0.4 is 10.1 Å². The highest BCUT2D eigenvalue weighted by molar-refractivity contribution is 6.20. The summed E-state index contributed by atoms with van der Waals surface area (Å²) < 4.78 is 40.5. The molecule has 3 nitrogen and oxygen atoms in total. The third-order valence-electron chi connectivity index (χ3n) is 2.46. The first-order valence-corrected chi connectivity index (χ1v) is 6.34. The van der Waals surface area contributed by atoms with Gasteiger partial charge in [0.25, 0.3) is 0 Å². The van der Waals surface area contributed by atoms with Gasteiger partial charge in [0.15, 0.2) is 6.61 Å². The van der Waals surface area contributed by atoms with Gasteiger partial charge in [-0.1, -0.05) is 0 Å².